The number of hydrogen-bond acceptors (Lipinski definition) is 3. The smallest absolute Gasteiger partial charge is 0.317 e. The number of aromatic amines is 1. The number of imidazole rings is 1. The first-order valence-electron chi connectivity index (χ1n) is 8.53. The van der Waals surface area contributed by atoms with Crippen LogP contribution >= 0.6 is 0 Å². The molecule has 0 fully saturated rings. The third-order valence-corrected chi connectivity index (χ3v) is 4.57. The van der Waals surface area contributed by atoms with Crippen molar-refractivity contribution in [2.45, 2.75) is 46.1 Å². The number of primary amides is 1. The number of fused-ring (bicyclic) bond motifs is 1. The fourth-order valence-electron chi connectivity index (χ4n) is 2.69. The van der Waals surface area contributed by atoms with Crippen LogP contribution in [0.15, 0.2) is 12.1 Å². The number of rotatable bonds is 7. The molecule has 4 N–H and O–H groups in total. The van der Waals surface area contributed by atoms with Gasteiger partial charge in [-0.1, -0.05) is 6.07 Å². The van der Waals surface area contributed by atoms with Gasteiger partial charge in [0.15, 0.2) is 0 Å². The van der Waals surface area contributed by atoms with Gasteiger partial charge in [0.2, 0.25) is 5.91 Å². The highest BCUT2D eigenvalue weighted by molar-refractivity contribution is 5.80. The molecule has 0 saturated heterocycles. The number of aryl methyl sites for hydroxylation is 3. The van der Waals surface area contributed by atoms with E-state index in [9.17, 15) is 9.59 Å². The molecule has 1 atom stereocenters. The molecule has 7 nitrogen and oxygen atoms in total. The van der Waals surface area contributed by atoms with Crippen molar-refractivity contribution in [2.75, 3.05) is 13.6 Å². The minimum absolute atomic E-state index is 0.154. The third-order valence-electron chi connectivity index (χ3n) is 4.57. The maximum absolute atomic E-state index is 12.0. The highest BCUT2D eigenvalue weighted by Crippen LogP contribution is 2.19. The van der Waals surface area contributed by atoms with Crippen molar-refractivity contribution in [3.8, 4) is 0 Å². The summed E-state index contributed by atoms with van der Waals surface area (Å²) >= 11 is 0. The Kier molecular flexibility index (Phi) is 6.01. The number of nitrogens with one attached hydrogen (secondary N) is 2. The van der Waals surface area contributed by atoms with Crippen LogP contribution in [0.2, 0.25) is 0 Å². The molecular formula is C18H27N5O2. The molecule has 0 spiro atoms. The molecule has 0 aliphatic rings. The molecule has 7 heteroatoms. The van der Waals surface area contributed by atoms with Crippen molar-refractivity contribution in [2.24, 2.45) is 5.73 Å². The van der Waals surface area contributed by atoms with E-state index in [0.29, 0.717) is 6.54 Å². The zero-order valence-corrected chi connectivity index (χ0v) is 15.3. The van der Waals surface area contributed by atoms with Crippen LogP contribution in [0.1, 0.15) is 36.7 Å². The molecule has 1 aromatic heterocycles. The van der Waals surface area contributed by atoms with Crippen LogP contribution < -0.4 is 11.1 Å². The summed E-state index contributed by atoms with van der Waals surface area (Å²) < 4.78 is 0. The van der Waals surface area contributed by atoms with Crippen LogP contribution in [0, 0.1) is 13.8 Å². The monoisotopic (exact) mass is 345 g/mol. The molecule has 0 bridgehead atoms. The molecule has 25 heavy (non-hydrogen) atoms. The van der Waals surface area contributed by atoms with Crippen molar-refractivity contribution in [3.63, 3.8) is 0 Å². The summed E-state index contributed by atoms with van der Waals surface area (Å²) in [6.45, 7) is 6.49. The predicted molar refractivity (Wildman–Crippen MR) is 98.3 cm³/mol. The Labute approximate surface area is 148 Å². The van der Waals surface area contributed by atoms with E-state index in [2.05, 4.69) is 35.2 Å². The molecule has 3 amide bonds. The lowest BCUT2D eigenvalue weighted by Gasteiger charge is -2.24. The van der Waals surface area contributed by atoms with Crippen molar-refractivity contribution < 1.29 is 9.59 Å². The Balaban J connectivity index is 1.82. The number of nitrogens with two attached hydrogens (primary N) is 1. The first-order chi connectivity index (χ1) is 11.8. The molecule has 0 aliphatic heterocycles. The zero-order valence-electron chi connectivity index (χ0n) is 15.3. The second-order valence-corrected chi connectivity index (χ2v) is 6.55. The topological polar surface area (TPSA) is 104 Å². The van der Waals surface area contributed by atoms with E-state index in [1.165, 1.54) is 16.0 Å². The van der Waals surface area contributed by atoms with E-state index in [0.717, 1.165) is 29.7 Å². The van der Waals surface area contributed by atoms with Gasteiger partial charge in [-0.15, -0.1) is 0 Å². The van der Waals surface area contributed by atoms with Crippen LogP contribution in [-0.4, -0.2) is 46.4 Å². The average molecular weight is 345 g/mol. The number of carbonyl (C=O) groups excluding carboxylic acids is 2. The highest BCUT2D eigenvalue weighted by atomic mass is 16.2. The number of hydrogen-bond donors (Lipinski definition) is 3. The summed E-state index contributed by atoms with van der Waals surface area (Å²) in [5.74, 6) is 0.510. The number of aromatic nitrogens is 2. The first-order valence-corrected chi connectivity index (χ1v) is 8.53. The average Bonchev–Trinajstić information content (AvgIpc) is 2.97. The SMILES string of the molecule is Cc1ccc2[nH]c(CCCNC(=O)N(C)[C@@H](C)CC(N)=O)nc2c1C. The number of H-pyrrole nitrogens is 1. The Morgan fingerprint density at radius 2 is 2.08 bits per heavy atom. The Morgan fingerprint density at radius 3 is 2.76 bits per heavy atom. The van der Waals surface area contributed by atoms with E-state index in [1.807, 2.05) is 6.07 Å². The van der Waals surface area contributed by atoms with E-state index >= 15 is 0 Å². The molecule has 2 rings (SSSR count). The number of benzene rings is 1. The van der Waals surface area contributed by atoms with Crippen molar-refractivity contribution in [3.05, 3.63) is 29.1 Å². The molecule has 2 aromatic rings. The largest absolute Gasteiger partial charge is 0.370 e. The van der Waals surface area contributed by atoms with Crippen LogP contribution in [0.4, 0.5) is 4.79 Å². The van der Waals surface area contributed by atoms with Gasteiger partial charge in [-0.2, -0.15) is 0 Å². The molecule has 0 unspecified atom stereocenters. The van der Waals surface area contributed by atoms with Gasteiger partial charge in [-0.05, 0) is 44.4 Å². The normalized spacial score (nSPS) is 12.2. The quantitative estimate of drug-likeness (QED) is 0.669. The van der Waals surface area contributed by atoms with Crippen molar-refractivity contribution in [1.29, 1.82) is 0 Å². The van der Waals surface area contributed by atoms with Gasteiger partial charge in [0.1, 0.15) is 5.82 Å². The zero-order chi connectivity index (χ0) is 18.6. The third kappa shape index (κ3) is 4.71. The lowest BCUT2D eigenvalue weighted by Crippen LogP contribution is -2.44. The Morgan fingerprint density at radius 1 is 1.36 bits per heavy atom. The molecular weight excluding hydrogens is 318 g/mol. The number of carbonyl (C=O) groups is 2. The Bertz CT molecular complexity index is 768. The van der Waals surface area contributed by atoms with Crippen LogP contribution in [0.25, 0.3) is 11.0 Å². The summed E-state index contributed by atoms with van der Waals surface area (Å²) in [7, 11) is 1.66. The summed E-state index contributed by atoms with van der Waals surface area (Å²) in [6, 6.07) is 3.71. The van der Waals surface area contributed by atoms with Crippen LogP contribution in [0.3, 0.4) is 0 Å². The molecule has 0 aliphatic carbocycles. The molecule has 1 aromatic carbocycles. The van der Waals surface area contributed by atoms with Crippen LogP contribution in [-0.2, 0) is 11.2 Å². The molecule has 0 radical (unpaired) electrons. The van der Waals surface area contributed by atoms with Gasteiger partial charge in [0.25, 0.3) is 0 Å². The van der Waals surface area contributed by atoms with Gasteiger partial charge >= 0.3 is 6.03 Å². The first kappa shape index (κ1) is 18.8. The lowest BCUT2D eigenvalue weighted by molar-refractivity contribution is -0.118. The summed E-state index contributed by atoms with van der Waals surface area (Å²) in [5, 5.41) is 2.85. The predicted octanol–water partition coefficient (Wildman–Crippen LogP) is 2.02. The van der Waals surface area contributed by atoms with E-state index in [4.69, 9.17) is 5.73 Å². The lowest BCUT2D eigenvalue weighted by atomic mass is 10.1. The minimum Gasteiger partial charge on any atom is -0.370 e. The highest BCUT2D eigenvalue weighted by Gasteiger charge is 2.17. The molecule has 136 valence electrons. The standard InChI is InChI=1S/C18H27N5O2/c1-11-7-8-14-17(13(11)3)22-16(21-14)6-5-9-20-18(25)23(4)12(2)10-15(19)24/h7-8,12H,5-6,9-10H2,1-4H3,(H2,19,24)(H,20,25)(H,21,22)/t12-/m0/s1. The van der Waals surface area contributed by atoms with E-state index < -0.39 is 5.91 Å². The maximum Gasteiger partial charge on any atom is 0.317 e. The summed E-state index contributed by atoms with van der Waals surface area (Å²) in [4.78, 5) is 32.4. The summed E-state index contributed by atoms with van der Waals surface area (Å²) in [6.07, 6.45) is 1.69. The fourth-order valence-corrected chi connectivity index (χ4v) is 2.69. The molecule has 0 saturated carbocycles. The number of urea groups is 1. The van der Waals surface area contributed by atoms with Gasteiger partial charge < -0.3 is 20.9 Å². The number of amides is 3. The van der Waals surface area contributed by atoms with Gasteiger partial charge in [-0.25, -0.2) is 9.78 Å². The second kappa shape index (κ2) is 8.00. The van der Waals surface area contributed by atoms with Crippen molar-refractivity contribution >= 4 is 23.0 Å². The van der Waals surface area contributed by atoms with Crippen molar-refractivity contribution in [1.82, 2.24) is 20.2 Å². The summed E-state index contributed by atoms with van der Waals surface area (Å²) in [5.41, 5.74) is 9.64. The van der Waals surface area contributed by atoms with E-state index in [-0.39, 0.29) is 18.5 Å². The fraction of sp³-hybridized carbons (Fsp3) is 0.500. The number of nitrogens with zero attached hydrogens (tertiary/aromatic N) is 2. The molecule has 1 heterocycles. The Hall–Kier alpha value is -2.57. The van der Waals surface area contributed by atoms with Crippen LogP contribution in [0.5, 0.6) is 0 Å². The second-order valence-electron chi connectivity index (χ2n) is 6.55. The van der Waals surface area contributed by atoms with E-state index in [1.54, 1.807) is 14.0 Å². The van der Waals surface area contributed by atoms with Gasteiger partial charge in [0.05, 0.1) is 11.0 Å². The maximum atomic E-state index is 12.0. The minimum atomic E-state index is -0.414. The van der Waals surface area contributed by atoms with Gasteiger partial charge in [0, 0.05) is 32.5 Å². The van der Waals surface area contributed by atoms with Gasteiger partial charge in [-0.3, -0.25) is 4.79 Å².